The lowest BCUT2D eigenvalue weighted by atomic mass is 10.2. The molecule has 2 aromatic rings. The van der Waals surface area contributed by atoms with Crippen molar-refractivity contribution < 1.29 is 9.90 Å². The van der Waals surface area contributed by atoms with Gasteiger partial charge in [-0.3, -0.25) is 0 Å². The summed E-state index contributed by atoms with van der Waals surface area (Å²) >= 11 is 0. The predicted molar refractivity (Wildman–Crippen MR) is 63.9 cm³/mol. The smallest absolute Gasteiger partial charge is 0.351 e. The molecule has 0 fully saturated rings. The number of para-hydroxylation sites is 1. The summed E-state index contributed by atoms with van der Waals surface area (Å²) in [6.07, 6.45) is 1.65. The lowest BCUT2D eigenvalue weighted by Gasteiger charge is -2.01. The van der Waals surface area contributed by atoms with Crippen molar-refractivity contribution in [1.29, 1.82) is 0 Å². The summed E-state index contributed by atoms with van der Waals surface area (Å²) < 4.78 is 0. The van der Waals surface area contributed by atoms with Gasteiger partial charge in [0, 0.05) is 11.6 Å². The third-order valence-corrected chi connectivity index (χ3v) is 2.12. The molecule has 0 aliphatic heterocycles. The van der Waals surface area contributed by atoms with E-state index in [-0.39, 0.29) is 11.7 Å². The monoisotopic (exact) mass is 230 g/mol. The summed E-state index contributed by atoms with van der Waals surface area (Å²) in [5.74, 6) is -0.817. The quantitative estimate of drug-likeness (QED) is 0.616. The van der Waals surface area contributed by atoms with E-state index in [1.165, 1.54) is 6.92 Å². The number of nitrogens with zero attached hydrogens (tertiary/aromatic N) is 3. The van der Waals surface area contributed by atoms with E-state index >= 15 is 0 Å². The summed E-state index contributed by atoms with van der Waals surface area (Å²) in [6, 6.07) is 7.50. The maximum Gasteiger partial charge on any atom is 0.351 e. The Morgan fingerprint density at radius 3 is 2.94 bits per heavy atom. The topological polar surface area (TPSA) is 87.5 Å². The molecule has 0 spiro atoms. The summed E-state index contributed by atoms with van der Waals surface area (Å²) in [4.78, 5) is 18.7. The molecule has 0 bridgehead atoms. The second-order valence-corrected chi connectivity index (χ2v) is 3.37. The molecule has 0 amide bonds. The largest absolute Gasteiger partial charge is 0.477 e. The van der Waals surface area contributed by atoms with Gasteiger partial charge in [0.25, 0.3) is 0 Å². The summed E-state index contributed by atoms with van der Waals surface area (Å²) in [5.41, 5.74) is 3.22. The van der Waals surface area contributed by atoms with Crippen LogP contribution in [-0.2, 0) is 4.79 Å². The average molecular weight is 230 g/mol. The number of aromatic nitrogens is 2. The van der Waals surface area contributed by atoms with Crippen molar-refractivity contribution in [2.45, 2.75) is 6.92 Å². The number of carbonyl (C=O) groups is 1. The minimum atomic E-state index is -1.08. The Morgan fingerprint density at radius 2 is 2.18 bits per heavy atom. The number of benzene rings is 1. The molecule has 2 N–H and O–H groups in total. The highest BCUT2D eigenvalue weighted by Crippen LogP contribution is 2.11. The van der Waals surface area contributed by atoms with Crippen LogP contribution in [0.1, 0.15) is 6.92 Å². The fourth-order valence-electron chi connectivity index (χ4n) is 1.21. The molecule has 1 aromatic carbocycles. The van der Waals surface area contributed by atoms with Crippen molar-refractivity contribution in [2.75, 3.05) is 5.43 Å². The van der Waals surface area contributed by atoms with Crippen LogP contribution in [0.25, 0.3) is 10.9 Å². The molecule has 6 heteroatoms. The molecule has 86 valence electrons. The van der Waals surface area contributed by atoms with Crippen molar-refractivity contribution >= 4 is 28.5 Å². The molecule has 0 saturated carbocycles. The maximum atomic E-state index is 10.5. The van der Waals surface area contributed by atoms with Crippen LogP contribution in [-0.4, -0.2) is 26.8 Å². The van der Waals surface area contributed by atoms with E-state index in [2.05, 4.69) is 20.5 Å². The fraction of sp³-hybridized carbons (Fsp3) is 0.0909. The Hall–Kier alpha value is -2.50. The lowest BCUT2D eigenvalue weighted by Crippen LogP contribution is -2.10. The van der Waals surface area contributed by atoms with E-state index in [9.17, 15) is 4.79 Å². The molecule has 0 atom stereocenters. The van der Waals surface area contributed by atoms with E-state index in [4.69, 9.17) is 5.11 Å². The number of carboxylic acid groups (broad SMARTS) is 1. The first kappa shape index (κ1) is 11.0. The predicted octanol–water partition coefficient (Wildman–Crippen LogP) is 1.50. The molecular weight excluding hydrogens is 220 g/mol. The minimum absolute atomic E-state index is 0.0539. The zero-order chi connectivity index (χ0) is 12.3. The van der Waals surface area contributed by atoms with Crippen molar-refractivity contribution in [3.63, 3.8) is 0 Å². The number of rotatable bonds is 3. The summed E-state index contributed by atoms with van der Waals surface area (Å²) in [7, 11) is 0. The third-order valence-electron chi connectivity index (χ3n) is 2.12. The van der Waals surface area contributed by atoms with E-state index in [0.717, 1.165) is 10.9 Å². The molecule has 1 heterocycles. The van der Waals surface area contributed by atoms with E-state index in [1.807, 2.05) is 24.3 Å². The second-order valence-electron chi connectivity index (χ2n) is 3.37. The van der Waals surface area contributed by atoms with E-state index < -0.39 is 5.97 Å². The molecule has 0 saturated heterocycles. The Balaban J connectivity index is 2.25. The van der Waals surface area contributed by atoms with Gasteiger partial charge in [-0.2, -0.15) is 5.10 Å². The van der Waals surface area contributed by atoms with Gasteiger partial charge in [-0.05, 0) is 13.0 Å². The van der Waals surface area contributed by atoms with Gasteiger partial charge in [-0.25, -0.2) is 20.2 Å². The second kappa shape index (κ2) is 4.56. The fourth-order valence-corrected chi connectivity index (χ4v) is 1.21. The number of anilines is 1. The van der Waals surface area contributed by atoms with Gasteiger partial charge in [0.05, 0.1) is 5.52 Å². The van der Waals surface area contributed by atoms with Crippen molar-refractivity contribution in [3.05, 3.63) is 30.5 Å². The normalized spacial score (nSPS) is 11.5. The van der Waals surface area contributed by atoms with Crippen LogP contribution in [0, 0.1) is 0 Å². The maximum absolute atomic E-state index is 10.5. The SMILES string of the molecule is CC(=NNc1ncc2ccccc2n1)C(=O)O. The van der Waals surface area contributed by atoms with E-state index in [0.29, 0.717) is 0 Å². The first-order valence-corrected chi connectivity index (χ1v) is 4.92. The summed E-state index contributed by atoms with van der Waals surface area (Å²) in [5, 5.41) is 13.2. The Bertz CT molecular complexity index is 595. The molecular formula is C11H10N4O2. The number of aliphatic carboxylic acids is 1. The highest BCUT2D eigenvalue weighted by molar-refractivity contribution is 6.34. The molecule has 0 aliphatic carbocycles. The van der Waals surface area contributed by atoms with Crippen LogP contribution < -0.4 is 5.43 Å². The van der Waals surface area contributed by atoms with Crippen LogP contribution in [0.15, 0.2) is 35.6 Å². The molecule has 1 aromatic heterocycles. The number of hydrogen-bond acceptors (Lipinski definition) is 5. The van der Waals surface area contributed by atoms with Gasteiger partial charge in [-0.15, -0.1) is 0 Å². The molecule has 0 radical (unpaired) electrons. The van der Waals surface area contributed by atoms with Crippen LogP contribution in [0.2, 0.25) is 0 Å². The highest BCUT2D eigenvalue weighted by Gasteiger charge is 2.02. The Kier molecular flexibility index (Phi) is 2.95. The van der Waals surface area contributed by atoms with Gasteiger partial charge in [-0.1, -0.05) is 18.2 Å². The molecule has 6 nitrogen and oxygen atoms in total. The number of nitrogens with one attached hydrogen (secondary N) is 1. The Labute approximate surface area is 97.0 Å². The Morgan fingerprint density at radius 1 is 1.41 bits per heavy atom. The van der Waals surface area contributed by atoms with Crippen molar-refractivity contribution in [3.8, 4) is 0 Å². The molecule has 0 unspecified atom stereocenters. The lowest BCUT2D eigenvalue weighted by molar-refractivity contribution is -0.129. The van der Waals surface area contributed by atoms with Gasteiger partial charge in [0.15, 0.2) is 0 Å². The summed E-state index contributed by atoms with van der Waals surface area (Å²) in [6.45, 7) is 1.39. The average Bonchev–Trinajstić information content (AvgIpc) is 2.35. The zero-order valence-corrected chi connectivity index (χ0v) is 9.08. The first-order valence-electron chi connectivity index (χ1n) is 4.92. The molecule has 17 heavy (non-hydrogen) atoms. The van der Waals surface area contributed by atoms with Crippen LogP contribution in [0.4, 0.5) is 5.95 Å². The van der Waals surface area contributed by atoms with Gasteiger partial charge < -0.3 is 5.11 Å². The third kappa shape index (κ3) is 2.54. The van der Waals surface area contributed by atoms with Gasteiger partial charge in [0.2, 0.25) is 5.95 Å². The molecule has 0 aliphatic rings. The van der Waals surface area contributed by atoms with Crippen molar-refractivity contribution in [2.24, 2.45) is 5.10 Å². The number of fused-ring (bicyclic) bond motifs is 1. The molecule has 2 rings (SSSR count). The van der Waals surface area contributed by atoms with Gasteiger partial charge in [0.1, 0.15) is 5.71 Å². The highest BCUT2D eigenvalue weighted by atomic mass is 16.4. The van der Waals surface area contributed by atoms with Crippen LogP contribution in [0.5, 0.6) is 0 Å². The first-order chi connectivity index (χ1) is 8.16. The minimum Gasteiger partial charge on any atom is -0.477 e. The van der Waals surface area contributed by atoms with E-state index in [1.54, 1.807) is 6.20 Å². The number of hydrogen-bond donors (Lipinski definition) is 2. The standard InChI is InChI=1S/C11H10N4O2/c1-7(10(16)17)14-15-11-12-6-8-4-2-3-5-9(8)13-11/h2-6H,1H3,(H,16,17)(H,12,13,15). The van der Waals surface area contributed by atoms with Crippen LogP contribution >= 0.6 is 0 Å². The van der Waals surface area contributed by atoms with Crippen molar-refractivity contribution in [1.82, 2.24) is 9.97 Å². The zero-order valence-electron chi connectivity index (χ0n) is 9.08. The number of carboxylic acids is 1. The van der Waals surface area contributed by atoms with Gasteiger partial charge >= 0.3 is 5.97 Å². The van der Waals surface area contributed by atoms with Crippen LogP contribution in [0.3, 0.4) is 0 Å². The number of hydrazone groups is 1.